The van der Waals surface area contributed by atoms with Gasteiger partial charge in [-0.15, -0.1) is 6.42 Å². The fraction of sp³-hybridized carbons (Fsp3) is 0.357. The zero-order chi connectivity index (χ0) is 13.4. The van der Waals surface area contributed by atoms with Crippen molar-refractivity contribution in [1.29, 1.82) is 0 Å². The SMILES string of the molecule is C#CCNC(=O)COc1ccccc1CC(C)N. The van der Waals surface area contributed by atoms with E-state index in [9.17, 15) is 4.79 Å². The van der Waals surface area contributed by atoms with Crippen LogP contribution in [0.2, 0.25) is 0 Å². The van der Waals surface area contributed by atoms with Gasteiger partial charge in [-0.25, -0.2) is 0 Å². The van der Waals surface area contributed by atoms with Crippen LogP contribution in [0.5, 0.6) is 5.75 Å². The Kier molecular flexibility index (Phi) is 5.75. The van der Waals surface area contributed by atoms with Gasteiger partial charge in [0.25, 0.3) is 5.91 Å². The molecule has 0 saturated carbocycles. The summed E-state index contributed by atoms with van der Waals surface area (Å²) in [7, 11) is 0. The van der Waals surface area contributed by atoms with Gasteiger partial charge in [0.05, 0.1) is 6.54 Å². The number of carbonyl (C=O) groups excluding carboxylic acids is 1. The number of terminal acetylenes is 1. The Morgan fingerprint density at radius 3 is 2.94 bits per heavy atom. The lowest BCUT2D eigenvalue weighted by atomic mass is 10.1. The van der Waals surface area contributed by atoms with Crippen LogP contribution >= 0.6 is 0 Å². The summed E-state index contributed by atoms with van der Waals surface area (Å²) in [5.74, 6) is 2.78. The first kappa shape index (κ1) is 14.1. The second-order valence-electron chi connectivity index (χ2n) is 4.06. The van der Waals surface area contributed by atoms with Gasteiger partial charge < -0.3 is 15.8 Å². The quantitative estimate of drug-likeness (QED) is 0.726. The van der Waals surface area contributed by atoms with E-state index in [2.05, 4.69) is 11.2 Å². The van der Waals surface area contributed by atoms with Gasteiger partial charge in [-0.1, -0.05) is 24.1 Å². The molecule has 4 heteroatoms. The van der Waals surface area contributed by atoms with Crippen molar-refractivity contribution in [3.63, 3.8) is 0 Å². The number of benzene rings is 1. The van der Waals surface area contributed by atoms with Crippen LogP contribution in [-0.4, -0.2) is 25.1 Å². The Balaban J connectivity index is 2.56. The van der Waals surface area contributed by atoms with Crippen molar-refractivity contribution in [3.05, 3.63) is 29.8 Å². The number of para-hydroxylation sites is 1. The second-order valence-corrected chi connectivity index (χ2v) is 4.06. The first-order valence-electron chi connectivity index (χ1n) is 5.80. The summed E-state index contributed by atoms with van der Waals surface area (Å²) >= 11 is 0. The molecule has 1 aromatic carbocycles. The average molecular weight is 246 g/mol. The van der Waals surface area contributed by atoms with Gasteiger partial charge in [0, 0.05) is 6.04 Å². The minimum atomic E-state index is -0.233. The Morgan fingerprint density at radius 2 is 2.28 bits per heavy atom. The third kappa shape index (κ3) is 4.89. The molecule has 1 rings (SSSR count). The van der Waals surface area contributed by atoms with E-state index in [1.54, 1.807) is 0 Å². The van der Waals surface area contributed by atoms with Gasteiger partial charge in [0.1, 0.15) is 5.75 Å². The minimum absolute atomic E-state index is 0.0440. The summed E-state index contributed by atoms with van der Waals surface area (Å²) in [5.41, 5.74) is 6.76. The number of hydrogen-bond acceptors (Lipinski definition) is 3. The zero-order valence-electron chi connectivity index (χ0n) is 10.5. The molecule has 0 heterocycles. The Morgan fingerprint density at radius 1 is 1.56 bits per heavy atom. The summed E-state index contributed by atoms with van der Waals surface area (Å²) < 4.78 is 5.46. The molecule has 96 valence electrons. The van der Waals surface area contributed by atoms with Crippen molar-refractivity contribution >= 4 is 5.91 Å². The number of amides is 1. The molecule has 1 atom stereocenters. The van der Waals surface area contributed by atoms with Gasteiger partial charge in [0.2, 0.25) is 0 Å². The highest BCUT2D eigenvalue weighted by Gasteiger charge is 2.07. The van der Waals surface area contributed by atoms with Crippen molar-refractivity contribution in [2.75, 3.05) is 13.2 Å². The van der Waals surface area contributed by atoms with Crippen LogP contribution in [-0.2, 0) is 11.2 Å². The molecule has 3 N–H and O–H groups in total. The Labute approximate surface area is 108 Å². The number of carbonyl (C=O) groups is 1. The molecule has 1 aromatic rings. The lowest BCUT2D eigenvalue weighted by Gasteiger charge is -2.12. The van der Waals surface area contributed by atoms with Crippen molar-refractivity contribution in [2.45, 2.75) is 19.4 Å². The number of ether oxygens (including phenoxy) is 1. The lowest BCUT2D eigenvalue weighted by molar-refractivity contribution is -0.122. The predicted molar refractivity (Wildman–Crippen MR) is 71.1 cm³/mol. The average Bonchev–Trinajstić information content (AvgIpc) is 2.34. The molecule has 0 spiro atoms. The molecule has 0 aliphatic carbocycles. The molecule has 0 aliphatic rings. The normalized spacial score (nSPS) is 11.4. The van der Waals surface area contributed by atoms with Crippen molar-refractivity contribution in [3.8, 4) is 18.1 Å². The van der Waals surface area contributed by atoms with Crippen LogP contribution in [0.3, 0.4) is 0 Å². The monoisotopic (exact) mass is 246 g/mol. The van der Waals surface area contributed by atoms with E-state index in [1.807, 2.05) is 31.2 Å². The van der Waals surface area contributed by atoms with E-state index in [-0.39, 0.29) is 25.1 Å². The van der Waals surface area contributed by atoms with E-state index in [4.69, 9.17) is 16.9 Å². The second kappa shape index (κ2) is 7.36. The van der Waals surface area contributed by atoms with E-state index in [0.29, 0.717) is 12.2 Å². The minimum Gasteiger partial charge on any atom is -0.483 e. The van der Waals surface area contributed by atoms with Crippen molar-refractivity contribution < 1.29 is 9.53 Å². The summed E-state index contributed by atoms with van der Waals surface area (Å²) in [6.07, 6.45) is 5.75. The van der Waals surface area contributed by atoms with E-state index in [0.717, 1.165) is 5.56 Å². The van der Waals surface area contributed by atoms with E-state index in [1.165, 1.54) is 0 Å². The highest BCUT2D eigenvalue weighted by atomic mass is 16.5. The molecule has 4 nitrogen and oxygen atoms in total. The highest BCUT2D eigenvalue weighted by molar-refractivity contribution is 5.77. The molecule has 0 aromatic heterocycles. The summed E-state index contributed by atoms with van der Waals surface area (Å²) in [6.45, 7) is 2.09. The first-order chi connectivity index (χ1) is 8.63. The molecular weight excluding hydrogens is 228 g/mol. The molecule has 1 unspecified atom stereocenters. The number of rotatable bonds is 6. The predicted octanol–water partition coefficient (Wildman–Crippen LogP) is 0.704. The van der Waals surface area contributed by atoms with Crippen LogP contribution in [0, 0.1) is 12.3 Å². The first-order valence-corrected chi connectivity index (χ1v) is 5.80. The van der Waals surface area contributed by atoms with E-state index >= 15 is 0 Å². The maximum absolute atomic E-state index is 11.4. The van der Waals surface area contributed by atoms with Crippen LogP contribution in [0.15, 0.2) is 24.3 Å². The van der Waals surface area contributed by atoms with Crippen LogP contribution in [0.1, 0.15) is 12.5 Å². The van der Waals surface area contributed by atoms with Gasteiger partial charge in [0.15, 0.2) is 6.61 Å². The number of nitrogens with two attached hydrogens (primary N) is 1. The highest BCUT2D eigenvalue weighted by Crippen LogP contribution is 2.19. The number of nitrogens with one attached hydrogen (secondary N) is 1. The van der Waals surface area contributed by atoms with Crippen LogP contribution < -0.4 is 15.8 Å². The Hall–Kier alpha value is -1.99. The van der Waals surface area contributed by atoms with Gasteiger partial charge in [-0.3, -0.25) is 4.79 Å². The topological polar surface area (TPSA) is 64.3 Å². The molecule has 1 amide bonds. The van der Waals surface area contributed by atoms with Gasteiger partial charge in [-0.2, -0.15) is 0 Å². The third-order valence-corrected chi connectivity index (χ3v) is 2.26. The molecule has 0 saturated heterocycles. The molecule has 0 bridgehead atoms. The smallest absolute Gasteiger partial charge is 0.258 e. The number of hydrogen-bond donors (Lipinski definition) is 2. The van der Waals surface area contributed by atoms with E-state index < -0.39 is 0 Å². The molecule has 0 radical (unpaired) electrons. The van der Waals surface area contributed by atoms with Crippen molar-refractivity contribution in [2.24, 2.45) is 5.73 Å². The van der Waals surface area contributed by atoms with Crippen molar-refractivity contribution in [1.82, 2.24) is 5.32 Å². The summed E-state index contributed by atoms with van der Waals surface area (Å²) in [4.78, 5) is 11.4. The Bertz CT molecular complexity index is 436. The molecule has 0 fully saturated rings. The maximum Gasteiger partial charge on any atom is 0.258 e. The molecule has 0 aliphatic heterocycles. The summed E-state index contributed by atoms with van der Waals surface area (Å²) in [6, 6.07) is 7.59. The third-order valence-electron chi connectivity index (χ3n) is 2.26. The van der Waals surface area contributed by atoms with Gasteiger partial charge in [-0.05, 0) is 25.0 Å². The molecular formula is C14H18N2O2. The van der Waals surface area contributed by atoms with Crippen LogP contribution in [0.4, 0.5) is 0 Å². The standard InChI is InChI=1S/C14H18N2O2/c1-3-8-16-14(17)10-18-13-7-5-4-6-12(13)9-11(2)15/h1,4-7,11H,8-10,15H2,2H3,(H,16,17). The largest absolute Gasteiger partial charge is 0.483 e. The zero-order valence-corrected chi connectivity index (χ0v) is 10.5. The fourth-order valence-corrected chi connectivity index (χ4v) is 1.50. The van der Waals surface area contributed by atoms with Gasteiger partial charge >= 0.3 is 0 Å². The maximum atomic E-state index is 11.4. The lowest BCUT2D eigenvalue weighted by Crippen LogP contribution is -2.29. The summed E-state index contributed by atoms with van der Waals surface area (Å²) in [5, 5.41) is 2.54. The van der Waals surface area contributed by atoms with Crippen LogP contribution in [0.25, 0.3) is 0 Å². The molecule has 18 heavy (non-hydrogen) atoms. The fourth-order valence-electron chi connectivity index (χ4n) is 1.50.